The van der Waals surface area contributed by atoms with Gasteiger partial charge >= 0.3 is 0 Å². The fourth-order valence-electron chi connectivity index (χ4n) is 2.93. The lowest BCUT2D eigenvalue weighted by Crippen LogP contribution is -2.49. The summed E-state index contributed by atoms with van der Waals surface area (Å²) in [5.41, 5.74) is 2.53. The normalized spacial score (nSPS) is 18.0. The fraction of sp³-hybridized carbons (Fsp3) is 0.647. The third-order valence-corrected chi connectivity index (χ3v) is 4.87. The van der Waals surface area contributed by atoms with Crippen LogP contribution in [0.4, 0.5) is 5.69 Å². The highest BCUT2D eigenvalue weighted by Crippen LogP contribution is 2.28. The van der Waals surface area contributed by atoms with E-state index >= 15 is 0 Å². The van der Waals surface area contributed by atoms with Crippen molar-refractivity contribution in [1.29, 1.82) is 0 Å². The van der Waals surface area contributed by atoms with E-state index in [1.54, 1.807) is 0 Å². The van der Waals surface area contributed by atoms with E-state index in [1.807, 2.05) is 6.07 Å². The van der Waals surface area contributed by atoms with Crippen molar-refractivity contribution in [3.05, 3.63) is 28.8 Å². The molecule has 1 atom stereocenters. The van der Waals surface area contributed by atoms with Crippen LogP contribution in [0.1, 0.15) is 32.8 Å². The van der Waals surface area contributed by atoms with Crippen LogP contribution in [0, 0.1) is 0 Å². The first-order valence-electron chi connectivity index (χ1n) is 8.14. The molecule has 1 fully saturated rings. The predicted molar refractivity (Wildman–Crippen MR) is 92.4 cm³/mol. The number of rotatable bonds is 6. The van der Waals surface area contributed by atoms with Gasteiger partial charge in [0, 0.05) is 55.0 Å². The summed E-state index contributed by atoms with van der Waals surface area (Å²) in [4.78, 5) is 5.07. The van der Waals surface area contributed by atoms with E-state index in [0.717, 1.165) is 44.3 Å². The number of piperazine rings is 1. The van der Waals surface area contributed by atoms with Gasteiger partial charge in [0.15, 0.2) is 0 Å². The van der Waals surface area contributed by atoms with Crippen molar-refractivity contribution in [3.63, 3.8) is 0 Å². The zero-order valence-electron chi connectivity index (χ0n) is 13.5. The van der Waals surface area contributed by atoms with E-state index < -0.39 is 0 Å². The SMILES string of the molecule is CCNCc1c(Cl)cccc1N1CCN(C(C)CC)CC1. The maximum atomic E-state index is 6.41. The molecule has 0 aliphatic carbocycles. The molecule has 3 nitrogen and oxygen atoms in total. The Balaban J connectivity index is 2.07. The van der Waals surface area contributed by atoms with Crippen molar-refractivity contribution in [2.45, 2.75) is 39.8 Å². The Morgan fingerprint density at radius 1 is 1.19 bits per heavy atom. The number of nitrogens with one attached hydrogen (secondary N) is 1. The minimum Gasteiger partial charge on any atom is -0.369 e. The molecule has 1 aliphatic heterocycles. The Labute approximate surface area is 134 Å². The first-order valence-corrected chi connectivity index (χ1v) is 8.52. The third-order valence-electron chi connectivity index (χ3n) is 4.52. The second kappa shape index (κ2) is 8.02. The molecule has 1 unspecified atom stereocenters. The highest BCUT2D eigenvalue weighted by Gasteiger charge is 2.22. The van der Waals surface area contributed by atoms with Crippen molar-refractivity contribution in [2.24, 2.45) is 0 Å². The lowest BCUT2D eigenvalue weighted by Gasteiger charge is -2.39. The molecule has 1 saturated heterocycles. The van der Waals surface area contributed by atoms with Crippen LogP contribution in [0.25, 0.3) is 0 Å². The second-order valence-electron chi connectivity index (χ2n) is 5.80. The Kier molecular flexibility index (Phi) is 6.34. The van der Waals surface area contributed by atoms with Gasteiger partial charge in [-0.15, -0.1) is 0 Å². The molecule has 0 amide bonds. The Bertz CT molecular complexity index is 442. The predicted octanol–water partition coefficient (Wildman–Crippen LogP) is 3.37. The lowest BCUT2D eigenvalue weighted by molar-refractivity contribution is 0.192. The summed E-state index contributed by atoms with van der Waals surface area (Å²) in [5, 5.41) is 4.27. The first-order chi connectivity index (χ1) is 10.2. The Hall–Kier alpha value is -0.770. The van der Waals surface area contributed by atoms with Crippen molar-refractivity contribution in [3.8, 4) is 0 Å². The first kappa shape index (κ1) is 16.6. The number of hydrogen-bond donors (Lipinski definition) is 1. The molecule has 0 bridgehead atoms. The van der Waals surface area contributed by atoms with Crippen LogP contribution in [0.2, 0.25) is 5.02 Å². The summed E-state index contributed by atoms with van der Waals surface area (Å²) in [6, 6.07) is 6.95. The molecular formula is C17H28ClN3. The third kappa shape index (κ3) is 4.12. The Morgan fingerprint density at radius 2 is 1.90 bits per heavy atom. The number of benzene rings is 1. The monoisotopic (exact) mass is 309 g/mol. The highest BCUT2D eigenvalue weighted by molar-refractivity contribution is 6.31. The van der Waals surface area contributed by atoms with Gasteiger partial charge in [-0.2, -0.15) is 0 Å². The topological polar surface area (TPSA) is 18.5 Å². The summed E-state index contributed by atoms with van der Waals surface area (Å²) >= 11 is 6.41. The van der Waals surface area contributed by atoms with E-state index in [1.165, 1.54) is 17.7 Å². The molecule has 4 heteroatoms. The smallest absolute Gasteiger partial charge is 0.0471 e. The average Bonchev–Trinajstić information content (AvgIpc) is 2.53. The summed E-state index contributed by atoms with van der Waals surface area (Å²) in [6.45, 7) is 13.0. The van der Waals surface area contributed by atoms with E-state index in [2.05, 4.69) is 48.0 Å². The van der Waals surface area contributed by atoms with E-state index in [9.17, 15) is 0 Å². The zero-order valence-corrected chi connectivity index (χ0v) is 14.3. The van der Waals surface area contributed by atoms with Gasteiger partial charge in [-0.3, -0.25) is 4.90 Å². The minimum atomic E-state index is 0.688. The van der Waals surface area contributed by atoms with Gasteiger partial charge in [-0.25, -0.2) is 0 Å². The maximum Gasteiger partial charge on any atom is 0.0471 e. The van der Waals surface area contributed by atoms with Crippen molar-refractivity contribution >= 4 is 17.3 Å². The molecule has 21 heavy (non-hydrogen) atoms. The summed E-state index contributed by atoms with van der Waals surface area (Å²) in [6.07, 6.45) is 1.23. The Morgan fingerprint density at radius 3 is 2.52 bits per heavy atom. The standard InChI is InChI=1S/C17H28ClN3/c1-4-14(3)20-9-11-21(12-10-20)17-8-6-7-16(18)15(17)13-19-5-2/h6-8,14,19H,4-5,9-13H2,1-3H3. The van der Waals surface area contributed by atoms with Crippen LogP contribution in [0.3, 0.4) is 0 Å². The van der Waals surface area contributed by atoms with Crippen molar-refractivity contribution in [1.82, 2.24) is 10.2 Å². The van der Waals surface area contributed by atoms with Crippen LogP contribution in [-0.2, 0) is 6.54 Å². The van der Waals surface area contributed by atoms with Gasteiger partial charge in [0.1, 0.15) is 0 Å². The lowest BCUT2D eigenvalue weighted by atomic mass is 10.1. The van der Waals surface area contributed by atoms with Crippen LogP contribution < -0.4 is 10.2 Å². The molecule has 0 aromatic heterocycles. The number of halogens is 1. The molecular weight excluding hydrogens is 282 g/mol. The van der Waals surface area contributed by atoms with E-state index in [4.69, 9.17) is 11.6 Å². The quantitative estimate of drug-likeness (QED) is 0.869. The summed E-state index contributed by atoms with van der Waals surface area (Å²) in [7, 11) is 0. The van der Waals surface area contributed by atoms with Crippen LogP contribution >= 0.6 is 11.6 Å². The number of anilines is 1. The van der Waals surface area contributed by atoms with E-state index in [-0.39, 0.29) is 0 Å². The van der Waals surface area contributed by atoms with Crippen molar-refractivity contribution in [2.75, 3.05) is 37.6 Å². The zero-order chi connectivity index (χ0) is 15.2. The molecule has 1 heterocycles. The van der Waals surface area contributed by atoms with Gasteiger partial charge in [0.2, 0.25) is 0 Å². The molecule has 0 radical (unpaired) electrons. The maximum absolute atomic E-state index is 6.41. The van der Waals surface area contributed by atoms with Crippen LogP contribution in [-0.4, -0.2) is 43.7 Å². The fourth-order valence-corrected chi connectivity index (χ4v) is 3.17. The molecule has 1 aliphatic rings. The molecule has 1 N–H and O–H groups in total. The van der Waals surface area contributed by atoms with Gasteiger partial charge in [0.25, 0.3) is 0 Å². The molecule has 118 valence electrons. The molecule has 0 spiro atoms. The minimum absolute atomic E-state index is 0.688. The van der Waals surface area contributed by atoms with Gasteiger partial charge in [-0.05, 0) is 32.0 Å². The van der Waals surface area contributed by atoms with Gasteiger partial charge in [0.05, 0.1) is 0 Å². The molecule has 2 rings (SSSR count). The molecule has 1 aromatic carbocycles. The summed E-state index contributed by atoms with van der Waals surface area (Å²) in [5.74, 6) is 0. The number of hydrogen-bond acceptors (Lipinski definition) is 3. The van der Waals surface area contributed by atoms with Gasteiger partial charge in [-0.1, -0.05) is 31.5 Å². The van der Waals surface area contributed by atoms with E-state index in [0.29, 0.717) is 6.04 Å². The van der Waals surface area contributed by atoms with Crippen molar-refractivity contribution < 1.29 is 0 Å². The van der Waals surface area contributed by atoms with Crippen LogP contribution in [0.15, 0.2) is 18.2 Å². The summed E-state index contributed by atoms with van der Waals surface area (Å²) < 4.78 is 0. The van der Waals surface area contributed by atoms with Gasteiger partial charge < -0.3 is 10.2 Å². The number of nitrogens with zero attached hydrogens (tertiary/aromatic N) is 2. The second-order valence-corrected chi connectivity index (χ2v) is 6.21. The largest absolute Gasteiger partial charge is 0.369 e. The molecule has 1 aromatic rings. The van der Waals surface area contributed by atoms with Crippen LogP contribution in [0.5, 0.6) is 0 Å². The average molecular weight is 310 g/mol. The molecule has 0 saturated carbocycles. The highest BCUT2D eigenvalue weighted by atomic mass is 35.5.